The number of nitrogens with two attached hydrogens (primary N) is 1. The van der Waals surface area contributed by atoms with Gasteiger partial charge in [-0.2, -0.15) is 0 Å². The molecule has 0 aliphatic carbocycles. The summed E-state index contributed by atoms with van der Waals surface area (Å²) in [6.45, 7) is 2.37. The zero-order valence-electron chi connectivity index (χ0n) is 9.61. The van der Waals surface area contributed by atoms with Crippen molar-refractivity contribution in [2.24, 2.45) is 5.73 Å². The molecule has 2 heterocycles. The van der Waals surface area contributed by atoms with Crippen molar-refractivity contribution in [1.82, 2.24) is 9.97 Å². The molecule has 0 saturated heterocycles. The first-order chi connectivity index (χ1) is 8.67. The van der Waals surface area contributed by atoms with E-state index in [0.29, 0.717) is 23.2 Å². The molecule has 0 amide bonds. The van der Waals surface area contributed by atoms with Crippen LogP contribution in [-0.2, 0) is 6.54 Å². The second-order valence-electron chi connectivity index (χ2n) is 3.92. The van der Waals surface area contributed by atoms with E-state index >= 15 is 0 Å². The van der Waals surface area contributed by atoms with Gasteiger partial charge in [0.25, 0.3) is 0 Å². The van der Waals surface area contributed by atoms with Crippen LogP contribution in [0.15, 0.2) is 21.9 Å². The Morgan fingerprint density at radius 2 is 2.22 bits per heavy atom. The van der Waals surface area contributed by atoms with E-state index in [1.165, 1.54) is 11.3 Å². The molecule has 2 aromatic heterocycles. The van der Waals surface area contributed by atoms with Crippen molar-refractivity contribution in [2.75, 3.05) is 0 Å². The van der Waals surface area contributed by atoms with Gasteiger partial charge in [-0.15, -0.1) is 11.3 Å². The first kappa shape index (κ1) is 11.6. The Kier molecular flexibility index (Phi) is 2.81. The monoisotopic (exact) mass is 279 g/mol. The van der Waals surface area contributed by atoms with Gasteiger partial charge in [0.2, 0.25) is 5.89 Å². The van der Waals surface area contributed by atoms with Gasteiger partial charge in [-0.25, -0.2) is 9.97 Å². The van der Waals surface area contributed by atoms with Crippen LogP contribution in [0, 0.1) is 6.92 Å². The molecule has 0 unspecified atom stereocenters. The second kappa shape index (κ2) is 4.35. The number of hydrogen-bond donors (Lipinski definition) is 1. The fraction of sp³-hybridized carbons (Fsp3) is 0.167. The van der Waals surface area contributed by atoms with Crippen LogP contribution in [0.4, 0.5) is 0 Å². The topological polar surface area (TPSA) is 64.9 Å². The minimum absolute atomic E-state index is 0.426. The van der Waals surface area contributed by atoms with Gasteiger partial charge < -0.3 is 10.2 Å². The SMILES string of the molecule is Cc1cc(Cl)cc2nc(-c3csc(CN)n3)oc12. The zero-order valence-corrected chi connectivity index (χ0v) is 11.2. The van der Waals surface area contributed by atoms with Crippen LogP contribution in [0.25, 0.3) is 22.7 Å². The maximum Gasteiger partial charge on any atom is 0.247 e. The van der Waals surface area contributed by atoms with Gasteiger partial charge in [0.15, 0.2) is 5.58 Å². The van der Waals surface area contributed by atoms with Crippen LogP contribution in [0.1, 0.15) is 10.6 Å². The third-order valence-electron chi connectivity index (χ3n) is 2.59. The molecule has 3 rings (SSSR count). The van der Waals surface area contributed by atoms with Gasteiger partial charge in [-0.3, -0.25) is 0 Å². The largest absolute Gasteiger partial charge is 0.434 e. The summed E-state index contributed by atoms with van der Waals surface area (Å²) in [4.78, 5) is 8.76. The molecular formula is C12H10ClN3OS. The van der Waals surface area contributed by atoms with Crippen LogP contribution < -0.4 is 5.73 Å². The van der Waals surface area contributed by atoms with E-state index in [4.69, 9.17) is 21.8 Å². The van der Waals surface area contributed by atoms with Crippen molar-refractivity contribution in [3.63, 3.8) is 0 Å². The molecule has 0 radical (unpaired) electrons. The molecule has 0 atom stereocenters. The van der Waals surface area contributed by atoms with Crippen molar-refractivity contribution in [3.05, 3.63) is 33.1 Å². The number of halogens is 1. The first-order valence-corrected chi connectivity index (χ1v) is 6.64. The number of aryl methyl sites for hydroxylation is 1. The molecule has 92 valence electrons. The van der Waals surface area contributed by atoms with Crippen molar-refractivity contribution in [2.45, 2.75) is 13.5 Å². The third kappa shape index (κ3) is 1.90. The van der Waals surface area contributed by atoms with Gasteiger partial charge in [0.05, 0.1) is 0 Å². The van der Waals surface area contributed by atoms with E-state index in [1.807, 2.05) is 18.4 Å². The van der Waals surface area contributed by atoms with Gasteiger partial charge in [0, 0.05) is 16.9 Å². The smallest absolute Gasteiger partial charge is 0.247 e. The standard InChI is InChI=1S/C12H10ClN3OS/c1-6-2-7(13)3-8-11(6)17-12(16-8)9-5-18-10(4-14)15-9/h2-3,5H,4,14H2,1H3. The normalized spacial score (nSPS) is 11.3. The predicted molar refractivity (Wildman–Crippen MR) is 72.8 cm³/mol. The molecule has 1 aromatic carbocycles. The molecule has 0 fully saturated rings. The molecular weight excluding hydrogens is 270 g/mol. The predicted octanol–water partition coefficient (Wildman–Crippen LogP) is 3.37. The number of thiazole rings is 1. The fourth-order valence-electron chi connectivity index (χ4n) is 1.77. The highest BCUT2D eigenvalue weighted by Crippen LogP contribution is 2.29. The summed E-state index contributed by atoms with van der Waals surface area (Å²) in [5.74, 6) is 0.506. The number of oxazole rings is 1. The molecule has 0 aliphatic rings. The third-order valence-corrected chi connectivity index (χ3v) is 3.68. The lowest BCUT2D eigenvalue weighted by Gasteiger charge is -1.93. The highest BCUT2D eigenvalue weighted by Gasteiger charge is 2.13. The van der Waals surface area contributed by atoms with E-state index in [1.54, 1.807) is 6.07 Å². The Labute approximate surface area is 112 Å². The van der Waals surface area contributed by atoms with Crippen LogP contribution in [-0.4, -0.2) is 9.97 Å². The second-order valence-corrected chi connectivity index (χ2v) is 5.30. The lowest BCUT2D eigenvalue weighted by atomic mass is 10.2. The number of nitrogens with zero attached hydrogens (tertiary/aromatic N) is 2. The van der Waals surface area contributed by atoms with Crippen LogP contribution >= 0.6 is 22.9 Å². The summed E-state index contributed by atoms with van der Waals surface area (Å²) in [7, 11) is 0. The summed E-state index contributed by atoms with van der Waals surface area (Å²) in [5.41, 5.74) is 8.71. The Bertz CT molecular complexity index is 719. The molecule has 0 aliphatic heterocycles. The van der Waals surface area contributed by atoms with E-state index in [-0.39, 0.29) is 0 Å². The average Bonchev–Trinajstić information content (AvgIpc) is 2.93. The maximum atomic E-state index is 5.99. The quantitative estimate of drug-likeness (QED) is 0.781. The average molecular weight is 280 g/mol. The Hall–Kier alpha value is -1.43. The number of hydrogen-bond acceptors (Lipinski definition) is 5. The Morgan fingerprint density at radius 1 is 1.39 bits per heavy atom. The van der Waals surface area contributed by atoms with E-state index in [9.17, 15) is 0 Å². The van der Waals surface area contributed by atoms with Gasteiger partial charge >= 0.3 is 0 Å². The van der Waals surface area contributed by atoms with Crippen LogP contribution in [0.3, 0.4) is 0 Å². The number of rotatable bonds is 2. The highest BCUT2D eigenvalue weighted by atomic mass is 35.5. The van der Waals surface area contributed by atoms with E-state index in [0.717, 1.165) is 21.7 Å². The molecule has 0 spiro atoms. The number of aromatic nitrogens is 2. The van der Waals surface area contributed by atoms with Crippen LogP contribution in [0.5, 0.6) is 0 Å². The van der Waals surface area contributed by atoms with E-state index < -0.39 is 0 Å². The summed E-state index contributed by atoms with van der Waals surface area (Å²) < 4.78 is 5.73. The number of benzene rings is 1. The molecule has 18 heavy (non-hydrogen) atoms. The summed E-state index contributed by atoms with van der Waals surface area (Å²) in [5, 5.41) is 3.41. The first-order valence-electron chi connectivity index (χ1n) is 5.39. The van der Waals surface area contributed by atoms with Gasteiger partial charge in [-0.05, 0) is 24.6 Å². The lowest BCUT2D eigenvalue weighted by Crippen LogP contribution is -1.94. The van der Waals surface area contributed by atoms with Crippen molar-refractivity contribution in [3.8, 4) is 11.6 Å². The minimum Gasteiger partial charge on any atom is -0.434 e. The lowest BCUT2D eigenvalue weighted by molar-refractivity contribution is 0.614. The van der Waals surface area contributed by atoms with Crippen LogP contribution in [0.2, 0.25) is 5.02 Å². The summed E-state index contributed by atoms with van der Waals surface area (Å²) in [6.07, 6.45) is 0. The highest BCUT2D eigenvalue weighted by molar-refractivity contribution is 7.09. The Balaban J connectivity index is 2.16. The molecule has 0 bridgehead atoms. The van der Waals surface area contributed by atoms with Crippen molar-refractivity contribution in [1.29, 1.82) is 0 Å². The van der Waals surface area contributed by atoms with E-state index in [2.05, 4.69) is 9.97 Å². The summed E-state index contributed by atoms with van der Waals surface area (Å²) in [6, 6.07) is 3.64. The fourth-order valence-corrected chi connectivity index (χ4v) is 2.68. The number of fused-ring (bicyclic) bond motifs is 1. The minimum atomic E-state index is 0.426. The maximum absolute atomic E-state index is 5.99. The van der Waals surface area contributed by atoms with Gasteiger partial charge in [0.1, 0.15) is 16.2 Å². The van der Waals surface area contributed by atoms with Crippen molar-refractivity contribution < 1.29 is 4.42 Å². The molecule has 0 saturated carbocycles. The summed E-state index contributed by atoms with van der Waals surface area (Å²) >= 11 is 7.49. The van der Waals surface area contributed by atoms with Crippen molar-refractivity contribution >= 4 is 34.0 Å². The Morgan fingerprint density at radius 3 is 2.94 bits per heavy atom. The molecule has 3 aromatic rings. The zero-order chi connectivity index (χ0) is 12.7. The molecule has 2 N–H and O–H groups in total. The van der Waals surface area contributed by atoms with Gasteiger partial charge in [-0.1, -0.05) is 11.6 Å². The molecule has 4 nitrogen and oxygen atoms in total. The molecule has 6 heteroatoms.